The van der Waals surface area contributed by atoms with E-state index in [9.17, 15) is 4.39 Å². The van der Waals surface area contributed by atoms with Crippen molar-refractivity contribution in [3.05, 3.63) is 0 Å². The summed E-state index contributed by atoms with van der Waals surface area (Å²) in [5, 5.41) is 0. The van der Waals surface area contributed by atoms with Crippen molar-refractivity contribution in [2.24, 2.45) is 0 Å². The molecule has 11 heavy (non-hydrogen) atoms. The number of hydrogen-bond acceptors (Lipinski definition) is 0. The number of unbranched alkanes of at least 4 members (excludes halogenated alkanes) is 3. The first-order chi connectivity index (χ1) is 5.31. The van der Waals surface area contributed by atoms with E-state index < -0.39 is 6.17 Å². The zero-order valence-corrected chi connectivity index (χ0v) is 7.91. The van der Waals surface area contributed by atoms with Gasteiger partial charge in [-0.25, -0.2) is 4.39 Å². The fraction of sp³-hybridized carbons (Fsp3) is 1.00. The molecule has 0 saturated heterocycles. The van der Waals surface area contributed by atoms with E-state index in [1.807, 2.05) is 0 Å². The van der Waals surface area contributed by atoms with Crippen LogP contribution in [0.15, 0.2) is 0 Å². The molecule has 0 rings (SSSR count). The Balaban J connectivity index is 3.02. The van der Waals surface area contributed by atoms with Gasteiger partial charge in [0.1, 0.15) is 6.17 Å². The molecular weight excluding hydrogens is 139 g/mol. The van der Waals surface area contributed by atoms with Crippen LogP contribution in [-0.4, -0.2) is 6.17 Å². The molecule has 0 aromatic carbocycles. The third kappa shape index (κ3) is 7.83. The van der Waals surface area contributed by atoms with Crippen LogP contribution in [0.1, 0.15) is 58.8 Å². The summed E-state index contributed by atoms with van der Waals surface area (Å²) in [4.78, 5) is 0. The Kier molecular flexibility index (Phi) is 7.98. The van der Waals surface area contributed by atoms with Gasteiger partial charge in [-0.2, -0.15) is 0 Å². The lowest BCUT2D eigenvalue weighted by Crippen LogP contribution is -1.99. The SMILES string of the molecule is CCCCCC(F)CCCC. The van der Waals surface area contributed by atoms with Gasteiger partial charge < -0.3 is 0 Å². The van der Waals surface area contributed by atoms with Crippen LogP contribution in [0, 0.1) is 0 Å². The molecule has 0 radical (unpaired) electrons. The van der Waals surface area contributed by atoms with E-state index in [-0.39, 0.29) is 0 Å². The molecule has 0 N–H and O–H groups in total. The van der Waals surface area contributed by atoms with Crippen molar-refractivity contribution in [3.63, 3.8) is 0 Å². The van der Waals surface area contributed by atoms with E-state index in [2.05, 4.69) is 13.8 Å². The van der Waals surface area contributed by atoms with Crippen LogP contribution in [-0.2, 0) is 0 Å². The molecule has 0 bridgehead atoms. The zero-order chi connectivity index (χ0) is 8.53. The Morgan fingerprint density at radius 2 is 1.45 bits per heavy atom. The summed E-state index contributed by atoms with van der Waals surface area (Å²) in [5.41, 5.74) is 0. The fourth-order valence-corrected chi connectivity index (χ4v) is 1.19. The van der Waals surface area contributed by atoms with Crippen LogP contribution in [0.4, 0.5) is 4.39 Å². The average Bonchev–Trinajstić information content (AvgIpc) is 2.01. The lowest BCUT2D eigenvalue weighted by molar-refractivity contribution is 0.282. The van der Waals surface area contributed by atoms with Crippen LogP contribution in [0.3, 0.4) is 0 Å². The highest BCUT2D eigenvalue weighted by Crippen LogP contribution is 2.12. The summed E-state index contributed by atoms with van der Waals surface area (Å²) in [5.74, 6) is 0. The van der Waals surface area contributed by atoms with Gasteiger partial charge >= 0.3 is 0 Å². The molecule has 68 valence electrons. The second kappa shape index (κ2) is 8.03. The lowest BCUT2D eigenvalue weighted by Gasteiger charge is -2.05. The summed E-state index contributed by atoms with van der Waals surface area (Å²) in [6.07, 6.45) is 6.66. The van der Waals surface area contributed by atoms with Crippen molar-refractivity contribution in [1.82, 2.24) is 0 Å². The Bertz CT molecular complexity index is 71.3. The maximum atomic E-state index is 12.9. The van der Waals surface area contributed by atoms with Gasteiger partial charge in [0, 0.05) is 0 Å². The number of hydrogen-bond donors (Lipinski definition) is 0. The molecule has 0 nitrogen and oxygen atoms in total. The lowest BCUT2D eigenvalue weighted by atomic mass is 10.1. The van der Waals surface area contributed by atoms with Crippen LogP contribution >= 0.6 is 0 Å². The Morgan fingerprint density at radius 3 is 2.00 bits per heavy atom. The number of rotatable bonds is 7. The third-order valence-electron chi connectivity index (χ3n) is 1.99. The summed E-state index contributed by atoms with van der Waals surface area (Å²) in [6.45, 7) is 4.26. The molecule has 0 saturated carbocycles. The summed E-state index contributed by atoms with van der Waals surface area (Å²) >= 11 is 0. The minimum Gasteiger partial charge on any atom is -0.247 e. The summed E-state index contributed by atoms with van der Waals surface area (Å²) < 4.78 is 12.9. The number of halogens is 1. The van der Waals surface area contributed by atoms with Gasteiger partial charge in [-0.15, -0.1) is 0 Å². The molecule has 1 atom stereocenters. The van der Waals surface area contributed by atoms with Crippen molar-refractivity contribution in [2.75, 3.05) is 0 Å². The van der Waals surface area contributed by atoms with E-state index in [1.54, 1.807) is 0 Å². The molecule has 1 unspecified atom stereocenters. The van der Waals surface area contributed by atoms with Crippen molar-refractivity contribution < 1.29 is 4.39 Å². The van der Waals surface area contributed by atoms with Crippen LogP contribution in [0.5, 0.6) is 0 Å². The quantitative estimate of drug-likeness (QED) is 0.492. The van der Waals surface area contributed by atoms with Crippen molar-refractivity contribution in [3.8, 4) is 0 Å². The predicted octanol–water partition coefficient (Wildman–Crippen LogP) is 4.10. The molecule has 0 amide bonds. The minimum absolute atomic E-state index is 0.526. The van der Waals surface area contributed by atoms with Crippen LogP contribution < -0.4 is 0 Å². The highest BCUT2D eigenvalue weighted by Gasteiger charge is 2.03. The molecule has 0 aromatic heterocycles. The molecule has 0 aromatic rings. The zero-order valence-electron chi connectivity index (χ0n) is 7.91. The Hall–Kier alpha value is -0.0700. The van der Waals surface area contributed by atoms with Gasteiger partial charge in [0.05, 0.1) is 0 Å². The van der Waals surface area contributed by atoms with E-state index in [0.717, 1.165) is 32.1 Å². The van der Waals surface area contributed by atoms with Crippen LogP contribution in [0.25, 0.3) is 0 Å². The van der Waals surface area contributed by atoms with Gasteiger partial charge in [-0.1, -0.05) is 46.0 Å². The van der Waals surface area contributed by atoms with E-state index in [0.29, 0.717) is 0 Å². The van der Waals surface area contributed by atoms with Crippen molar-refractivity contribution in [2.45, 2.75) is 65.0 Å². The molecule has 0 aliphatic heterocycles. The van der Waals surface area contributed by atoms with E-state index in [4.69, 9.17) is 0 Å². The molecule has 0 heterocycles. The monoisotopic (exact) mass is 160 g/mol. The second-order valence-corrected chi connectivity index (χ2v) is 3.24. The average molecular weight is 160 g/mol. The second-order valence-electron chi connectivity index (χ2n) is 3.24. The standard InChI is InChI=1S/C10H21F/c1-3-5-7-9-10(11)8-6-4-2/h10H,3-9H2,1-2H3. The highest BCUT2D eigenvalue weighted by molar-refractivity contribution is 4.55. The number of alkyl halides is 1. The van der Waals surface area contributed by atoms with Crippen molar-refractivity contribution >= 4 is 0 Å². The Labute approximate surface area is 70.2 Å². The summed E-state index contributed by atoms with van der Waals surface area (Å²) in [6, 6.07) is 0. The molecule has 0 fully saturated rings. The molecular formula is C10H21F. The Morgan fingerprint density at radius 1 is 0.909 bits per heavy atom. The third-order valence-corrected chi connectivity index (χ3v) is 1.99. The van der Waals surface area contributed by atoms with Gasteiger partial charge in [-0.05, 0) is 12.8 Å². The first-order valence-corrected chi connectivity index (χ1v) is 4.95. The fourth-order valence-electron chi connectivity index (χ4n) is 1.19. The molecule has 0 spiro atoms. The van der Waals surface area contributed by atoms with E-state index >= 15 is 0 Å². The maximum absolute atomic E-state index is 12.9. The first kappa shape index (κ1) is 10.9. The first-order valence-electron chi connectivity index (χ1n) is 4.95. The minimum atomic E-state index is -0.526. The van der Waals surface area contributed by atoms with Crippen molar-refractivity contribution in [1.29, 1.82) is 0 Å². The normalized spacial score (nSPS) is 13.4. The summed E-state index contributed by atoms with van der Waals surface area (Å²) in [7, 11) is 0. The predicted molar refractivity (Wildman–Crippen MR) is 48.6 cm³/mol. The van der Waals surface area contributed by atoms with Gasteiger partial charge in [0.15, 0.2) is 0 Å². The maximum Gasteiger partial charge on any atom is 0.100 e. The van der Waals surface area contributed by atoms with Gasteiger partial charge in [0.2, 0.25) is 0 Å². The van der Waals surface area contributed by atoms with E-state index in [1.165, 1.54) is 12.8 Å². The molecule has 0 aliphatic carbocycles. The molecule has 0 aliphatic rings. The van der Waals surface area contributed by atoms with Crippen LogP contribution in [0.2, 0.25) is 0 Å². The van der Waals surface area contributed by atoms with Gasteiger partial charge in [0.25, 0.3) is 0 Å². The highest BCUT2D eigenvalue weighted by atomic mass is 19.1. The van der Waals surface area contributed by atoms with Gasteiger partial charge in [-0.3, -0.25) is 0 Å². The largest absolute Gasteiger partial charge is 0.247 e. The topological polar surface area (TPSA) is 0 Å². The smallest absolute Gasteiger partial charge is 0.100 e. The molecule has 1 heteroatoms.